The van der Waals surface area contributed by atoms with Crippen molar-refractivity contribution in [3.05, 3.63) is 100 Å². The molecule has 0 spiro atoms. The molecule has 40 heavy (non-hydrogen) atoms. The number of nitrogens with one attached hydrogen (secondary N) is 1. The van der Waals surface area contributed by atoms with Crippen molar-refractivity contribution in [2.24, 2.45) is 15.2 Å². The van der Waals surface area contributed by atoms with Gasteiger partial charge in [0.1, 0.15) is 0 Å². The number of rotatable bonds is 6. The molecule has 0 aromatic heterocycles. The highest BCUT2D eigenvalue weighted by molar-refractivity contribution is 7.90. The van der Waals surface area contributed by atoms with Gasteiger partial charge >= 0.3 is 0 Å². The van der Waals surface area contributed by atoms with E-state index in [1.807, 2.05) is 42.5 Å². The Bertz CT molecular complexity index is 1650. The highest BCUT2D eigenvalue weighted by Crippen LogP contribution is 2.30. The van der Waals surface area contributed by atoms with Crippen LogP contribution in [-0.4, -0.2) is 63.5 Å². The van der Waals surface area contributed by atoms with E-state index >= 15 is 0 Å². The lowest BCUT2D eigenvalue weighted by Crippen LogP contribution is -2.42. The Kier molecular flexibility index (Phi) is 8.18. The lowest BCUT2D eigenvalue weighted by molar-refractivity contribution is 0.452. The van der Waals surface area contributed by atoms with E-state index in [0.717, 1.165) is 15.4 Å². The Morgan fingerprint density at radius 2 is 1.52 bits per heavy atom. The molecule has 0 amide bonds. The molecule has 3 aromatic rings. The average molecular weight is 622 g/mol. The second-order valence-corrected chi connectivity index (χ2v) is 13.5. The van der Waals surface area contributed by atoms with Gasteiger partial charge in [-0.2, -0.15) is 17.8 Å². The lowest BCUT2D eigenvalue weighted by atomic mass is 9.91. The number of benzene rings is 3. The first-order valence-electron chi connectivity index (χ1n) is 12.3. The molecule has 2 aliphatic heterocycles. The zero-order valence-corrected chi connectivity index (χ0v) is 24.2. The van der Waals surface area contributed by atoms with Crippen molar-refractivity contribution in [2.45, 2.75) is 23.3 Å². The molecule has 0 saturated carbocycles. The van der Waals surface area contributed by atoms with Crippen LogP contribution in [0.1, 0.15) is 23.5 Å². The third kappa shape index (κ3) is 6.48. The molecule has 1 saturated heterocycles. The number of hydrogen-bond acceptors (Lipinski definition) is 6. The van der Waals surface area contributed by atoms with Crippen LogP contribution in [0.15, 0.2) is 93.9 Å². The summed E-state index contributed by atoms with van der Waals surface area (Å²) in [6.07, 6.45) is 0.367. The maximum Gasteiger partial charge on any atom is 0.276 e. The Balaban J connectivity index is 1.55. The first-order chi connectivity index (χ1) is 19.0. The number of hydrogen-bond donors (Lipinski definition) is 2. The molecule has 3 N–H and O–H groups in total. The SMILES string of the molecule is NS(=O)(=O)N1CC[C@@H](/N=C(\NS(=O)(=O)c2ccc(Cl)cc2)N2C[C@H](c3ccccc3)C(c3ccc(Cl)cc3)=N2)C1. The summed E-state index contributed by atoms with van der Waals surface area (Å²) in [4.78, 5) is 4.65. The van der Waals surface area contributed by atoms with Crippen LogP contribution in [0.2, 0.25) is 10.0 Å². The molecular formula is C26H26Cl2N6O4S2. The van der Waals surface area contributed by atoms with Gasteiger partial charge in [-0.15, -0.1) is 0 Å². The molecule has 0 aliphatic carbocycles. The van der Waals surface area contributed by atoms with E-state index < -0.39 is 26.3 Å². The third-order valence-corrected chi connectivity index (χ3v) is 9.54. The fourth-order valence-electron chi connectivity index (χ4n) is 4.62. The number of sulfonamides is 1. The van der Waals surface area contributed by atoms with Crippen LogP contribution in [0.5, 0.6) is 0 Å². The highest BCUT2D eigenvalue weighted by atomic mass is 35.5. The van der Waals surface area contributed by atoms with Gasteiger partial charge in [0.25, 0.3) is 20.2 Å². The summed E-state index contributed by atoms with van der Waals surface area (Å²) in [6.45, 7) is 0.487. The van der Waals surface area contributed by atoms with Gasteiger partial charge in [0.2, 0.25) is 5.96 Å². The summed E-state index contributed by atoms with van der Waals surface area (Å²) in [5.74, 6) is -0.238. The van der Waals surface area contributed by atoms with E-state index in [1.54, 1.807) is 12.1 Å². The molecule has 0 radical (unpaired) electrons. The predicted molar refractivity (Wildman–Crippen MR) is 156 cm³/mol. The molecule has 14 heteroatoms. The maximum atomic E-state index is 13.4. The number of guanidine groups is 1. The first-order valence-corrected chi connectivity index (χ1v) is 16.0. The minimum atomic E-state index is -4.09. The van der Waals surface area contributed by atoms with E-state index in [-0.39, 0.29) is 36.4 Å². The molecule has 3 aromatic carbocycles. The molecule has 2 heterocycles. The summed E-state index contributed by atoms with van der Waals surface area (Å²) < 4.78 is 54.2. The van der Waals surface area contributed by atoms with Crippen molar-refractivity contribution in [1.82, 2.24) is 14.0 Å². The number of nitrogens with zero attached hydrogens (tertiary/aromatic N) is 4. The zero-order valence-electron chi connectivity index (χ0n) is 21.1. The largest absolute Gasteiger partial charge is 0.276 e. The fraction of sp³-hybridized carbons (Fsp3) is 0.231. The number of nitrogens with two attached hydrogens (primary N) is 1. The van der Waals surface area contributed by atoms with E-state index in [4.69, 9.17) is 33.4 Å². The Morgan fingerprint density at radius 3 is 2.12 bits per heavy atom. The number of aliphatic imine (C=N–C) groups is 1. The molecule has 10 nitrogen and oxygen atoms in total. The van der Waals surface area contributed by atoms with Crippen molar-refractivity contribution in [1.29, 1.82) is 0 Å². The second-order valence-electron chi connectivity index (χ2n) is 9.40. The Labute approximate surface area is 243 Å². The molecule has 2 aliphatic rings. The summed E-state index contributed by atoms with van der Waals surface area (Å²) >= 11 is 12.1. The van der Waals surface area contributed by atoms with Crippen molar-refractivity contribution in [2.75, 3.05) is 19.6 Å². The summed E-state index contributed by atoms with van der Waals surface area (Å²) in [5, 5.41) is 12.6. The second kappa shape index (κ2) is 11.5. The van der Waals surface area contributed by atoms with Gasteiger partial charge in [-0.3, -0.25) is 0 Å². The van der Waals surface area contributed by atoms with Crippen molar-refractivity contribution >= 4 is 55.1 Å². The molecule has 2 atom stereocenters. The minimum Gasteiger partial charge on any atom is -0.248 e. The Morgan fingerprint density at radius 1 is 0.900 bits per heavy atom. The monoisotopic (exact) mass is 620 g/mol. The standard InChI is InChI=1S/C26H26Cl2N6O4S2/c27-20-8-6-19(7-9-20)25-24(18-4-2-1-3-5-18)17-34(31-25)26(30-22-14-15-33(16-22)40(29,37)38)32-39(35,36)23-12-10-21(28)11-13-23/h1-13,22,24H,14-17H2,(H,30,32)(H2,29,37,38)/t22-,24-/m1/s1. The van der Waals surface area contributed by atoms with Crippen LogP contribution in [0, 0.1) is 0 Å². The van der Waals surface area contributed by atoms with Crippen LogP contribution in [-0.2, 0) is 20.2 Å². The lowest BCUT2D eigenvalue weighted by Gasteiger charge is -2.21. The van der Waals surface area contributed by atoms with E-state index in [9.17, 15) is 16.8 Å². The summed E-state index contributed by atoms with van der Waals surface area (Å²) in [6, 6.07) is 22.2. The van der Waals surface area contributed by atoms with Crippen molar-refractivity contribution in [3.63, 3.8) is 0 Å². The van der Waals surface area contributed by atoms with Gasteiger partial charge in [-0.1, -0.05) is 65.7 Å². The normalized spacial score (nSPS) is 20.5. The zero-order chi connectivity index (χ0) is 28.5. The molecule has 1 fully saturated rings. The molecule has 0 unspecified atom stereocenters. The number of hydrazone groups is 1. The van der Waals surface area contributed by atoms with Crippen molar-refractivity contribution in [3.8, 4) is 0 Å². The number of halogens is 2. The van der Waals surface area contributed by atoms with Gasteiger partial charge < -0.3 is 0 Å². The Hall–Kier alpha value is -3.00. The average Bonchev–Trinajstić information content (AvgIpc) is 3.57. The van der Waals surface area contributed by atoms with E-state index in [0.29, 0.717) is 22.2 Å². The fourth-order valence-corrected chi connectivity index (χ4v) is 6.62. The van der Waals surface area contributed by atoms with Gasteiger partial charge in [0.15, 0.2) is 0 Å². The van der Waals surface area contributed by atoms with Crippen LogP contribution >= 0.6 is 23.2 Å². The smallest absolute Gasteiger partial charge is 0.248 e. The molecule has 0 bridgehead atoms. The van der Waals surface area contributed by atoms with Crippen LogP contribution in [0.25, 0.3) is 0 Å². The molecular weight excluding hydrogens is 595 g/mol. The van der Waals surface area contributed by atoms with E-state index in [2.05, 4.69) is 9.71 Å². The van der Waals surface area contributed by atoms with Crippen LogP contribution < -0.4 is 9.86 Å². The maximum absolute atomic E-state index is 13.4. The van der Waals surface area contributed by atoms with E-state index in [1.165, 1.54) is 29.3 Å². The molecule has 210 valence electrons. The quantitative estimate of drug-likeness (QED) is 0.321. The van der Waals surface area contributed by atoms with Crippen LogP contribution in [0.4, 0.5) is 0 Å². The first kappa shape index (κ1) is 28.5. The minimum absolute atomic E-state index is 0.0112. The summed E-state index contributed by atoms with van der Waals surface area (Å²) in [7, 11) is -8.00. The van der Waals surface area contributed by atoms with Gasteiger partial charge in [-0.05, 0) is 53.9 Å². The van der Waals surface area contributed by atoms with Gasteiger partial charge in [0.05, 0.1) is 23.2 Å². The predicted octanol–water partition coefficient (Wildman–Crippen LogP) is 3.41. The highest BCUT2D eigenvalue weighted by Gasteiger charge is 2.35. The third-order valence-electron chi connectivity index (χ3n) is 6.64. The topological polar surface area (TPSA) is 138 Å². The van der Waals surface area contributed by atoms with Gasteiger partial charge in [-0.25, -0.2) is 28.3 Å². The summed E-state index contributed by atoms with van der Waals surface area (Å²) in [5.41, 5.74) is 2.51. The van der Waals surface area contributed by atoms with Crippen molar-refractivity contribution < 1.29 is 16.8 Å². The van der Waals surface area contributed by atoms with Gasteiger partial charge in [0, 0.05) is 29.1 Å². The molecule has 5 rings (SSSR count). The van der Waals surface area contributed by atoms with Crippen LogP contribution in [0.3, 0.4) is 0 Å².